The molecule has 0 radical (unpaired) electrons. The summed E-state index contributed by atoms with van der Waals surface area (Å²) in [5, 5.41) is 10.7. The molecule has 2 aromatic rings. The summed E-state index contributed by atoms with van der Waals surface area (Å²) in [5.74, 6) is -0.269. The summed E-state index contributed by atoms with van der Waals surface area (Å²) in [6.45, 7) is 0.532. The number of carbonyl (C=O) groups excluding carboxylic acids is 2. The molecule has 1 heterocycles. The predicted molar refractivity (Wildman–Crippen MR) is 85.9 cm³/mol. The molecule has 0 aliphatic carbocycles. The van der Waals surface area contributed by atoms with Crippen LogP contribution in [0, 0.1) is 10.1 Å². The fraction of sp³-hybridized carbons (Fsp3) is 0.176. The second-order valence-corrected chi connectivity index (χ2v) is 5.53. The van der Waals surface area contributed by atoms with Gasteiger partial charge < -0.3 is 4.90 Å². The Labute approximate surface area is 138 Å². The lowest BCUT2D eigenvalue weighted by Gasteiger charge is -2.17. The van der Waals surface area contributed by atoms with Gasteiger partial charge in [0.25, 0.3) is 11.6 Å². The SMILES string of the molecule is O=C1CN(Cc2ccccc2)C(=O)N1Cc1ccc([N+](=O)[O-])cc1. The van der Waals surface area contributed by atoms with E-state index in [-0.39, 0.29) is 30.7 Å². The van der Waals surface area contributed by atoms with Crippen LogP contribution in [0.3, 0.4) is 0 Å². The number of hydrogen-bond acceptors (Lipinski definition) is 4. The van der Waals surface area contributed by atoms with Crippen molar-refractivity contribution in [3.63, 3.8) is 0 Å². The minimum Gasteiger partial charge on any atom is -0.311 e. The standard InChI is InChI=1S/C17H15N3O4/c21-16-12-18(10-13-4-2-1-3-5-13)17(22)19(16)11-14-6-8-15(9-7-14)20(23)24/h1-9H,10-12H2. The number of hydrogen-bond donors (Lipinski definition) is 0. The molecule has 0 N–H and O–H groups in total. The first-order valence-corrected chi connectivity index (χ1v) is 7.41. The third-order valence-corrected chi connectivity index (χ3v) is 3.83. The summed E-state index contributed by atoms with van der Waals surface area (Å²) in [7, 11) is 0. The average molecular weight is 325 g/mol. The zero-order valence-corrected chi connectivity index (χ0v) is 12.8. The van der Waals surface area contributed by atoms with Crippen LogP contribution in [0.25, 0.3) is 0 Å². The van der Waals surface area contributed by atoms with Crippen molar-refractivity contribution in [2.45, 2.75) is 13.1 Å². The largest absolute Gasteiger partial charge is 0.327 e. The van der Waals surface area contributed by atoms with Crippen LogP contribution in [-0.4, -0.2) is 33.2 Å². The normalized spacial score (nSPS) is 14.3. The van der Waals surface area contributed by atoms with Crippen LogP contribution in [0.15, 0.2) is 54.6 Å². The first kappa shape index (κ1) is 15.7. The average Bonchev–Trinajstić information content (AvgIpc) is 2.84. The Morgan fingerprint density at radius 1 is 0.917 bits per heavy atom. The molecule has 0 bridgehead atoms. The zero-order chi connectivity index (χ0) is 17.1. The molecule has 1 aliphatic heterocycles. The number of non-ortho nitro benzene ring substituents is 1. The number of carbonyl (C=O) groups is 2. The van der Waals surface area contributed by atoms with Crippen LogP contribution in [0.1, 0.15) is 11.1 Å². The van der Waals surface area contributed by atoms with Crippen molar-refractivity contribution in [2.75, 3.05) is 6.54 Å². The number of benzene rings is 2. The van der Waals surface area contributed by atoms with Crippen molar-refractivity contribution in [3.8, 4) is 0 Å². The number of nitro groups is 1. The maximum absolute atomic E-state index is 12.4. The van der Waals surface area contributed by atoms with Crippen LogP contribution in [0.2, 0.25) is 0 Å². The zero-order valence-electron chi connectivity index (χ0n) is 12.8. The lowest BCUT2D eigenvalue weighted by Crippen LogP contribution is -2.32. The Morgan fingerprint density at radius 3 is 2.17 bits per heavy atom. The van der Waals surface area contributed by atoms with Gasteiger partial charge in [-0.05, 0) is 11.1 Å². The van der Waals surface area contributed by atoms with E-state index < -0.39 is 4.92 Å². The molecule has 0 unspecified atom stereocenters. The molecular weight excluding hydrogens is 310 g/mol. The van der Waals surface area contributed by atoms with Crippen molar-refractivity contribution < 1.29 is 14.5 Å². The molecule has 7 nitrogen and oxygen atoms in total. The molecule has 3 rings (SSSR count). The number of amides is 3. The van der Waals surface area contributed by atoms with E-state index in [0.717, 1.165) is 5.56 Å². The van der Waals surface area contributed by atoms with E-state index in [1.54, 1.807) is 12.1 Å². The van der Waals surface area contributed by atoms with Gasteiger partial charge in [-0.25, -0.2) is 4.79 Å². The lowest BCUT2D eigenvalue weighted by atomic mass is 10.2. The Morgan fingerprint density at radius 2 is 1.54 bits per heavy atom. The monoisotopic (exact) mass is 325 g/mol. The highest BCUT2D eigenvalue weighted by atomic mass is 16.6. The first-order valence-electron chi connectivity index (χ1n) is 7.41. The van der Waals surface area contributed by atoms with E-state index in [9.17, 15) is 19.7 Å². The molecular formula is C17H15N3O4. The molecule has 1 aliphatic rings. The van der Waals surface area contributed by atoms with Crippen LogP contribution >= 0.6 is 0 Å². The van der Waals surface area contributed by atoms with Crippen LogP contribution in [0.4, 0.5) is 10.5 Å². The van der Waals surface area contributed by atoms with E-state index in [1.165, 1.54) is 21.9 Å². The van der Waals surface area contributed by atoms with Crippen molar-refractivity contribution >= 4 is 17.6 Å². The number of nitrogens with zero attached hydrogens (tertiary/aromatic N) is 3. The molecule has 3 amide bonds. The predicted octanol–water partition coefficient (Wildman–Crippen LogP) is 2.56. The third-order valence-electron chi connectivity index (χ3n) is 3.83. The highest BCUT2D eigenvalue weighted by Crippen LogP contribution is 2.19. The van der Waals surface area contributed by atoms with Gasteiger partial charge >= 0.3 is 6.03 Å². The molecule has 2 aromatic carbocycles. The Kier molecular flexibility index (Phi) is 4.24. The van der Waals surface area contributed by atoms with Crippen molar-refractivity contribution in [1.82, 2.24) is 9.80 Å². The van der Waals surface area contributed by atoms with Gasteiger partial charge in [0.15, 0.2) is 0 Å². The summed E-state index contributed by atoms with van der Waals surface area (Å²) in [4.78, 5) is 37.4. The quantitative estimate of drug-likeness (QED) is 0.480. The van der Waals surface area contributed by atoms with E-state index in [1.807, 2.05) is 30.3 Å². The number of rotatable bonds is 5. The maximum atomic E-state index is 12.4. The minimum absolute atomic E-state index is 0.0245. The summed E-state index contributed by atoms with van der Waals surface area (Å²) in [6, 6.07) is 14.9. The summed E-state index contributed by atoms with van der Waals surface area (Å²) >= 11 is 0. The number of urea groups is 1. The summed E-state index contributed by atoms with van der Waals surface area (Å²) < 4.78 is 0. The molecule has 0 aromatic heterocycles. The van der Waals surface area contributed by atoms with Crippen LogP contribution < -0.4 is 0 Å². The minimum atomic E-state index is -0.489. The van der Waals surface area contributed by atoms with Gasteiger partial charge in [-0.15, -0.1) is 0 Å². The molecule has 122 valence electrons. The maximum Gasteiger partial charge on any atom is 0.327 e. The number of imide groups is 1. The molecule has 0 saturated carbocycles. The van der Waals surface area contributed by atoms with Crippen molar-refractivity contribution in [2.24, 2.45) is 0 Å². The molecule has 24 heavy (non-hydrogen) atoms. The Balaban J connectivity index is 1.69. The Hall–Kier alpha value is -3.22. The smallest absolute Gasteiger partial charge is 0.311 e. The van der Waals surface area contributed by atoms with Crippen LogP contribution in [0.5, 0.6) is 0 Å². The van der Waals surface area contributed by atoms with E-state index in [4.69, 9.17) is 0 Å². The molecule has 1 fully saturated rings. The van der Waals surface area contributed by atoms with Gasteiger partial charge in [0.1, 0.15) is 6.54 Å². The topological polar surface area (TPSA) is 83.8 Å². The van der Waals surface area contributed by atoms with Gasteiger partial charge in [-0.1, -0.05) is 42.5 Å². The fourth-order valence-corrected chi connectivity index (χ4v) is 2.58. The van der Waals surface area contributed by atoms with Crippen molar-refractivity contribution in [3.05, 3.63) is 75.8 Å². The highest BCUT2D eigenvalue weighted by Gasteiger charge is 2.35. The lowest BCUT2D eigenvalue weighted by molar-refractivity contribution is -0.384. The number of nitro benzene ring substituents is 1. The van der Waals surface area contributed by atoms with Gasteiger partial charge in [0, 0.05) is 18.7 Å². The van der Waals surface area contributed by atoms with Crippen LogP contribution in [-0.2, 0) is 17.9 Å². The summed E-state index contributed by atoms with van der Waals surface area (Å²) in [6.07, 6.45) is 0. The summed E-state index contributed by atoms with van der Waals surface area (Å²) in [5.41, 5.74) is 1.60. The second kappa shape index (κ2) is 6.49. The van der Waals surface area contributed by atoms with E-state index >= 15 is 0 Å². The molecule has 0 atom stereocenters. The Bertz CT molecular complexity index is 774. The third kappa shape index (κ3) is 3.24. The molecule has 0 spiro atoms. The van der Waals surface area contributed by atoms with Gasteiger partial charge in [0.05, 0.1) is 11.5 Å². The van der Waals surface area contributed by atoms with E-state index in [0.29, 0.717) is 12.1 Å². The molecule has 7 heteroatoms. The second-order valence-electron chi connectivity index (χ2n) is 5.53. The fourth-order valence-electron chi connectivity index (χ4n) is 2.58. The highest BCUT2D eigenvalue weighted by molar-refractivity contribution is 6.01. The molecule has 1 saturated heterocycles. The first-order chi connectivity index (χ1) is 11.5. The van der Waals surface area contributed by atoms with E-state index in [2.05, 4.69) is 0 Å². The van der Waals surface area contributed by atoms with Gasteiger partial charge in [0.2, 0.25) is 0 Å². The van der Waals surface area contributed by atoms with Gasteiger partial charge in [-0.2, -0.15) is 0 Å². The van der Waals surface area contributed by atoms with Crippen molar-refractivity contribution in [1.29, 1.82) is 0 Å². The van der Waals surface area contributed by atoms with Gasteiger partial charge in [-0.3, -0.25) is 19.8 Å².